The Bertz CT molecular complexity index is 1100. The van der Waals surface area contributed by atoms with Gasteiger partial charge in [-0.25, -0.2) is 4.79 Å². The van der Waals surface area contributed by atoms with Gasteiger partial charge in [0.05, 0.1) is 32.0 Å². The molecule has 0 spiro atoms. The maximum Gasteiger partial charge on any atom is 0.331 e. The molecule has 2 heterocycles. The van der Waals surface area contributed by atoms with E-state index in [9.17, 15) is 19.2 Å². The van der Waals surface area contributed by atoms with Gasteiger partial charge < -0.3 is 13.9 Å². The van der Waals surface area contributed by atoms with E-state index >= 15 is 0 Å². The molecule has 7 atom stereocenters. The Hall–Kier alpha value is -2.70. The van der Waals surface area contributed by atoms with Crippen LogP contribution in [-0.2, 0) is 28.7 Å². The molecule has 1 aromatic heterocycles. The number of cyclic esters (lactones) is 1. The van der Waals surface area contributed by atoms with Crippen LogP contribution < -0.4 is 0 Å². The highest BCUT2D eigenvalue weighted by Gasteiger charge is 2.69. The van der Waals surface area contributed by atoms with Crippen molar-refractivity contribution in [3.63, 3.8) is 0 Å². The average molecular weight is 469 g/mol. The summed E-state index contributed by atoms with van der Waals surface area (Å²) in [5, 5.41) is 0. The number of fused-ring (bicyclic) bond motifs is 6. The molecule has 1 aliphatic heterocycles. The van der Waals surface area contributed by atoms with Gasteiger partial charge in [0.2, 0.25) is 0 Å². The van der Waals surface area contributed by atoms with Gasteiger partial charge in [-0.2, -0.15) is 0 Å². The largest absolute Gasteiger partial charge is 0.472 e. The van der Waals surface area contributed by atoms with Gasteiger partial charge in [0.15, 0.2) is 0 Å². The number of rotatable bonds is 3. The fourth-order valence-corrected chi connectivity index (χ4v) is 7.93. The van der Waals surface area contributed by atoms with E-state index < -0.39 is 46.1 Å². The van der Waals surface area contributed by atoms with Crippen molar-refractivity contribution in [2.75, 3.05) is 7.11 Å². The summed E-state index contributed by atoms with van der Waals surface area (Å²) in [4.78, 5) is 52.6. The summed E-state index contributed by atoms with van der Waals surface area (Å²) in [5.41, 5.74) is -0.390. The molecule has 1 aromatic rings. The molecule has 3 saturated carbocycles. The fourth-order valence-electron chi connectivity index (χ4n) is 7.93. The predicted molar refractivity (Wildman–Crippen MR) is 120 cm³/mol. The van der Waals surface area contributed by atoms with Crippen LogP contribution in [0.2, 0.25) is 0 Å². The molecule has 7 heteroatoms. The highest BCUT2D eigenvalue weighted by atomic mass is 16.5. The van der Waals surface area contributed by atoms with Gasteiger partial charge in [0.25, 0.3) is 0 Å². The molecule has 182 valence electrons. The Morgan fingerprint density at radius 2 is 1.88 bits per heavy atom. The van der Waals surface area contributed by atoms with Crippen LogP contribution in [0.5, 0.6) is 0 Å². The number of carbonyl (C=O) groups is 4. The summed E-state index contributed by atoms with van der Waals surface area (Å²) in [6.45, 7) is 7.77. The number of hydrogen-bond acceptors (Lipinski definition) is 7. The summed E-state index contributed by atoms with van der Waals surface area (Å²) >= 11 is 0. The van der Waals surface area contributed by atoms with Crippen LogP contribution >= 0.6 is 0 Å². The minimum absolute atomic E-state index is 0.0173. The van der Waals surface area contributed by atoms with E-state index in [-0.39, 0.29) is 29.8 Å². The smallest absolute Gasteiger partial charge is 0.331 e. The fraction of sp³-hybridized carbons (Fsp3) is 0.630. The Kier molecular flexibility index (Phi) is 5.02. The maximum atomic E-state index is 13.8. The van der Waals surface area contributed by atoms with E-state index in [0.717, 1.165) is 24.0 Å². The van der Waals surface area contributed by atoms with Gasteiger partial charge in [-0.15, -0.1) is 0 Å². The molecule has 5 rings (SSSR count). The topological polar surface area (TPSA) is 99.9 Å². The van der Waals surface area contributed by atoms with Crippen LogP contribution in [-0.4, -0.2) is 30.6 Å². The minimum Gasteiger partial charge on any atom is -0.472 e. The monoisotopic (exact) mass is 468 g/mol. The molecule has 34 heavy (non-hydrogen) atoms. The van der Waals surface area contributed by atoms with Gasteiger partial charge >= 0.3 is 11.9 Å². The van der Waals surface area contributed by atoms with Crippen molar-refractivity contribution >= 4 is 23.5 Å². The molecule has 0 N–H and O–H groups in total. The number of esters is 2. The van der Waals surface area contributed by atoms with Gasteiger partial charge in [-0.1, -0.05) is 27.7 Å². The second kappa shape index (κ2) is 7.40. The van der Waals surface area contributed by atoms with E-state index in [1.54, 1.807) is 18.6 Å². The first-order valence-corrected chi connectivity index (χ1v) is 12.1. The maximum absolute atomic E-state index is 13.8. The van der Waals surface area contributed by atoms with Gasteiger partial charge in [-0.3, -0.25) is 14.4 Å². The zero-order valence-electron chi connectivity index (χ0n) is 20.4. The first-order chi connectivity index (χ1) is 16.0. The molecular weight excluding hydrogens is 436 g/mol. The third kappa shape index (κ3) is 2.88. The number of hydrogen-bond donors (Lipinski definition) is 0. The number of ether oxygens (including phenoxy) is 2. The number of Topliss-reactive ketones (excluding diaryl/α,β-unsaturated/α-hetero) is 2. The molecular formula is C27H32O7. The first-order valence-electron chi connectivity index (χ1n) is 12.1. The molecule has 3 aliphatic carbocycles. The summed E-state index contributed by atoms with van der Waals surface area (Å²) < 4.78 is 16.0. The van der Waals surface area contributed by atoms with Gasteiger partial charge in [-0.05, 0) is 48.7 Å². The van der Waals surface area contributed by atoms with Crippen molar-refractivity contribution in [3.05, 3.63) is 35.8 Å². The van der Waals surface area contributed by atoms with E-state index in [4.69, 9.17) is 13.9 Å². The molecule has 0 aromatic carbocycles. The van der Waals surface area contributed by atoms with Crippen molar-refractivity contribution in [3.8, 4) is 0 Å². The average Bonchev–Trinajstić information content (AvgIpc) is 3.32. The van der Waals surface area contributed by atoms with Gasteiger partial charge in [0, 0.05) is 27.9 Å². The summed E-state index contributed by atoms with van der Waals surface area (Å²) in [6.07, 6.45) is 6.16. The highest BCUT2D eigenvalue weighted by Crippen LogP contribution is 2.68. The van der Waals surface area contributed by atoms with Crippen LogP contribution in [0.3, 0.4) is 0 Å². The molecule has 0 radical (unpaired) electrons. The lowest BCUT2D eigenvalue weighted by molar-refractivity contribution is -0.182. The number of furan rings is 1. The Labute approximate surface area is 199 Å². The van der Waals surface area contributed by atoms with Crippen molar-refractivity contribution < 1.29 is 33.1 Å². The van der Waals surface area contributed by atoms with Crippen LogP contribution in [0.4, 0.5) is 0 Å². The van der Waals surface area contributed by atoms with Crippen LogP contribution in [0.25, 0.3) is 0 Å². The van der Waals surface area contributed by atoms with E-state index in [1.807, 2.05) is 26.8 Å². The van der Waals surface area contributed by atoms with Crippen LogP contribution in [0.15, 0.2) is 34.7 Å². The Balaban J connectivity index is 1.62. The molecule has 0 amide bonds. The van der Waals surface area contributed by atoms with Crippen molar-refractivity contribution in [1.29, 1.82) is 0 Å². The molecule has 0 saturated heterocycles. The second-order valence-electron chi connectivity index (χ2n) is 11.5. The summed E-state index contributed by atoms with van der Waals surface area (Å²) in [7, 11) is 1.33. The molecule has 5 unspecified atom stereocenters. The Morgan fingerprint density at radius 3 is 2.53 bits per heavy atom. The van der Waals surface area contributed by atoms with Crippen molar-refractivity contribution in [1.82, 2.24) is 0 Å². The van der Waals surface area contributed by atoms with E-state index in [1.165, 1.54) is 7.11 Å². The lowest BCUT2D eigenvalue weighted by Crippen LogP contribution is -2.66. The first kappa shape index (κ1) is 23.1. The Morgan fingerprint density at radius 1 is 1.15 bits per heavy atom. The minimum atomic E-state index is -0.867. The molecule has 7 nitrogen and oxygen atoms in total. The zero-order chi connectivity index (χ0) is 24.6. The van der Waals surface area contributed by atoms with Crippen molar-refractivity contribution in [2.24, 2.45) is 39.9 Å². The third-order valence-electron chi connectivity index (χ3n) is 9.70. The van der Waals surface area contributed by atoms with Crippen LogP contribution in [0, 0.1) is 39.9 Å². The molecule has 2 bridgehead atoms. The zero-order valence-corrected chi connectivity index (χ0v) is 20.4. The summed E-state index contributed by atoms with van der Waals surface area (Å²) in [6, 6.07) is 1.82. The van der Waals surface area contributed by atoms with E-state index in [2.05, 4.69) is 6.92 Å². The second-order valence-corrected chi connectivity index (χ2v) is 11.5. The number of ketones is 2. The highest BCUT2D eigenvalue weighted by molar-refractivity contribution is 6.11. The van der Waals surface area contributed by atoms with E-state index in [0.29, 0.717) is 6.42 Å². The standard InChI is InChI=1S/C27H32O7/c1-25(2)19(12-20(28)32-5)27(4)17-6-8-26(3)18(15(17)10-16(22(25)30)23(27)31)11-21(29)34-24(26)14-7-9-33-13-14/h7,9,11,13,15-17,19,24H,6,8,10,12H2,1-5H3/t15?,16?,17?,19?,24?,26-,27-/m1/s1. The lowest BCUT2D eigenvalue weighted by Gasteiger charge is -2.63. The molecule has 4 aliphatic rings. The normalized spacial score (nSPS) is 40.6. The quantitative estimate of drug-likeness (QED) is 0.484. The SMILES string of the molecule is COC(=O)CC1C(C)(C)C(=O)C2CC3C4=CC(=O)OC(c5ccoc5)[C@]4(C)CCC3[C@@]1(C)C2=O. The van der Waals surface area contributed by atoms with Crippen molar-refractivity contribution in [2.45, 2.75) is 59.5 Å². The predicted octanol–water partition coefficient (Wildman–Crippen LogP) is 4.22. The third-order valence-corrected chi connectivity index (χ3v) is 9.70. The lowest BCUT2D eigenvalue weighted by atomic mass is 9.39. The van der Waals surface area contributed by atoms with Crippen LogP contribution in [0.1, 0.15) is 65.0 Å². The number of carbonyl (C=O) groups excluding carboxylic acids is 4. The van der Waals surface area contributed by atoms with Gasteiger partial charge in [0.1, 0.15) is 17.7 Å². The summed E-state index contributed by atoms with van der Waals surface area (Å²) in [5.74, 6) is -2.39. The number of methoxy groups -OCH3 is 1. The molecule has 3 fully saturated rings.